The van der Waals surface area contributed by atoms with Gasteiger partial charge < -0.3 is 10.1 Å². The lowest BCUT2D eigenvalue weighted by Gasteiger charge is -2.07. The molecule has 0 aliphatic heterocycles. The van der Waals surface area contributed by atoms with E-state index in [1.54, 1.807) is 47.4 Å². The van der Waals surface area contributed by atoms with Crippen LogP contribution in [-0.2, 0) is 13.3 Å². The van der Waals surface area contributed by atoms with E-state index in [0.29, 0.717) is 28.2 Å². The zero-order valence-corrected chi connectivity index (χ0v) is 19.1. The lowest BCUT2D eigenvalue weighted by atomic mass is 10.2. The molecule has 158 valence electrons. The minimum atomic E-state index is -0.372. The number of ether oxygens (including phenoxy) is 1. The highest BCUT2D eigenvalue weighted by Crippen LogP contribution is 2.25. The highest BCUT2D eigenvalue weighted by atomic mass is 79.9. The maximum Gasteiger partial charge on any atom is 0.277 e. The van der Waals surface area contributed by atoms with E-state index in [1.165, 1.54) is 4.68 Å². The van der Waals surface area contributed by atoms with Crippen LogP contribution in [0.4, 0.5) is 5.82 Å². The molecule has 0 fully saturated rings. The van der Waals surface area contributed by atoms with Gasteiger partial charge in [0.1, 0.15) is 5.75 Å². The summed E-state index contributed by atoms with van der Waals surface area (Å²) in [6.45, 7) is 0.568. The number of amides is 1. The van der Waals surface area contributed by atoms with Crippen molar-refractivity contribution in [2.24, 2.45) is 0 Å². The first-order valence-corrected chi connectivity index (χ1v) is 10.7. The molecule has 0 unspecified atom stereocenters. The number of hydrogen-bond acceptors (Lipinski definition) is 4. The van der Waals surface area contributed by atoms with E-state index in [9.17, 15) is 4.79 Å². The Morgan fingerprint density at radius 1 is 0.968 bits per heavy atom. The summed E-state index contributed by atoms with van der Waals surface area (Å²) >= 11 is 15.8. The van der Waals surface area contributed by atoms with Gasteiger partial charge in [-0.3, -0.25) is 9.48 Å². The molecule has 4 aromatic rings. The molecule has 0 spiro atoms. The summed E-state index contributed by atoms with van der Waals surface area (Å²) in [6.07, 6.45) is 3.41. The van der Waals surface area contributed by atoms with Crippen molar-refractivity contribution in [1.29, 1.82) is 0 Å². The summed E-state index contributed by atoms with van der Waals surface area (Å²) in [6, 6.07) is 16.1. The van der Waals surface area contributed by atoms with Crippen LogP contribution in [0.5, 0.6) is 5.75 Å². The van der Waals surface area contributed by atoms with Gasteiger partial charge in [-0.15, -0.1) is 0 Å². The van der Waals surface area contributed by atoms with Crippen molar-refractivity contribution in [3.63, 3.8) is 0 Å². The number of aromatic nitrogens is 4. The quantitative estimate of drug-likeness (QED) is 0.350. The van der Waals surface area contributed by atoms with Crippen LogP contribution in [-0.4, -0.2) is 25.5 Å². The molecule has 0 saturated carbocycles. The third-order valence-electron chi connectivity index (χ3n) is 4.31. The molecule has 0 aliphatic carbocycles. The molecule has 1 amide bonds. The molecule has 0 bridgehead atoms. The Hall–Kier alpha value is -2.81. The van der Waals surface area contributed by atoms with Gasteiger partial charge in [-0.05, 0) is 42.5 Å². The van der Waals surface area contributed by atoms with Gasteiger partial charge in [0.25, 0.3) is 5.91 Å². The first-order valence-electron chi connectivity index (χ1n) is 9.17. The monoisotopic (exact) mass is 519 g/mol. The van der Waals surface area contributed by atoms with Crippen LogP contribution in [0.3, 0.4) is 0 Å². The van der Waals surface area contributed by atoms with E-state index < -0.39 is 0 Å². The molecule has 0 radical (unpaired) electrons. The van der Waals surface area contributed by atoms with Crippen molar-refractivity contribution in [3.8, 4) is 5.75 Å². The molecule has 2 aromatic carbocycles. The van der Waals surface area contributed by atoms with Gasteiger partial charge in [-0.2, -0.15) is 10.2 Å². The number of rotatable bonds is 7. The van der Waals surface area contributed by atoms with Crippen LogP contribution in [0.25, 0.3) is 0 Å². The summed E-state index contributed by atoms with van der Waals surface area (Å²) in [7, 11) is 0. The summed E-state index contributed by atoms with van der Waals surface area (Å²) in [5.74, 6) is 0.728. The number of nitrogens with one attached hydrogen (secondary N) is 1. The number of carbonyl (C=O) groups is 1. The number of benzene rings is 2. The van der Waals surface area contributed by atoms with Crippen molar-refractivity contribution < 1.29 is 9.53 Å². The molecule has 31 heavy (non-hydrogen) atoms. The molecule has 2 heterocycles. The van der Waals surface area contributed by atoms with Crippen molar-refractivity contribution in [3.05, 3.63) is 92.8 Å². The van der Waals surface area contributed by atoms with Crippen LogP contribution >= 0.6 is 39.1 Å². The molecular weight excluding hydrogens is 505 g/mol. The van der Waals surface area contributed by atoms with Gasteiger partial charge >= 0.3 is 0 Å². The number of hydrogen-bond donors (Lipinski definition) is 1. The van der Waals surface area contributed by atoms with E-state index >= 15 is 0 Å². The van der Waals surface area contributed by atoms with E-state index in [-0.39, 0.29) is 18.3 Å². The minimum Gasteiger partial charge on any atom is -0.471 e. The fraction of sp³-hybridized carbons (Fsp3) is 0.0952. The average Bonchev–Trinajstić information content (AvgIpc) is 3.40. The first-order chi connectivity index (χ1) is 15.0. The zero-order chi connectivity index (χ0) is 21.8. The number of halogens is 3. The smallest absolute Gasteiger partial charge is 0.277 e. The third kappa shape index (κ3) is 5.46. The topological polar surface area (TPSA) is 74.0 Å². The number of carbonyl (C=O) groups excluding carboxylic acids is 1. The van der Waals surface area contributed by atoms with E-state index in [4.69, 9.17) is 27.9 Å². The summed E-state index contributed by atoms with van der Waals surface area (Å²) in [5.41, 5.74) is 1.01. The van der Waals surface area contributed by atoms with Crippen LogP contribution in [0.15, 0.2) is 71.5 Å². The van der Waals surface area contributed by atoms with Crippen LogP contribution in [0, 0.1) is 0 Å². The largest absolute Gasteiger partial charge is 0.471 e. The lowest BCUT2D eigenvalue weighted by Crippen LogP contribution is -2.15. The highest BCUT2D eigenvalue weighted by Gasteiger charge is 2.13. The molecule has 2 aromatic heterocycles. The SMILES string of the molecule is O=C(Nc1ccn(Cc2c(Cl)cccc2Cl)n1)c1ccn(COc2ccc(Br)cc2)n1. The Bertz CT molecular complexity index is 1190. The van der Waals surface area contributed by atoms with Crippen LogP contribution in [0.2, 0.25) is 10.0 Å². The predicted octanol–water partition coefficient (Wildman–Crippen LogP) is 5.49. The van der Waals surface area contributed by atoms with Gasteiger partial charge in [0.05, 0.1) is 6.54 Å². The zero-order valence-electron chi connectivity index (χ0n) is 16.0. The van der Waals surface area contributed by atoms with Crippen LogP contribution in [0.1, 0.15) is 16.1 Å². The van der Waals surface area contributed by atoms with Crippen molar-refractivity contribution in [2.75, 3.05) is 5.32 Å². The van der Waals surface area contributed by atoms with E-state index in [0.717, 1.165) is 10.0 Å². The van der Waals surface area contributed by atoms with E-state index in [1.807, 2.05) is 24.3 Å². The summed E-state index contributed by atoms with van der Waals surface area (Å²) in [4.78, 5) is 12.5. The second-order valence-electron chi connectivity index (χ2n) is 6.52. The Morgan fingerprint density at radius 3 is 2.42 bits per heavy atom. The standard InChI is InChI=1S/C21H16BrCl2N5O2/c22-14-4-6-15(7-5-14)31-13-29-10-8-19(26-29)21(30)25-20-9-11-28(27-20)12-16-17(23)2-1-3-18(16)24/h1-11H,12-13H2,(H,25,27,30). The fourth-order valence-corrected chi connectivity index (χ4v) is 3.55. The van der Waals surface area contributed by atoms with Gasteiger partial charge in [0.15, 0.2) is 18.2 Å². The number of nitrogens with zero attached hydrogens (tertiary/aromatic N) is 4. The molecular formula is C21H16BrCl2N5O2. The normalized spacial score (nSPS) is 10.8. The molecule has 0 aliphatic rings. The highest BCUT2D eigenvalue weighted by molar-refractivity contribution is 9.10. The molecule has 1 N–H and O–H groups in total. The Kier molecular flexibility index (Phi) is 6.60. The van der Waals surface area contributed by atoms with Gasteiger partial charge in [-0.1, -0.05) is 45.2 Å². The molecule has 0 atom stereocenters. The molecule has 10 heteroatoms. The average molecular weight is 521 g/mol. The lowest BCUT2D eigenvalue weighted by molar-refractivity contribution is 0.101. The van der Waals surface area contributed by atoms with Gasteiger partial charge in [0, 0.05) is 38.5 Å². The molecule has 7 nitrogen and oxygen atoms in total. The van der Waals surface area contributed by atoms with Gasteiger partial charge in [-0.25, -0.2) is 4.68 Å². The second kappa shape index (κ2) is 9.55. The van der Waals surface area contributed by atoms with Crippen LogP contribution < -0.4 is 10.1 Å². The Labute approximate surface area is 196 Å². The summed E-state index contributed by atoms with van der Waals surface area (Å²) in [5, 5.41) is 12.4. The first kappa shape index (κ1) is 21.4. The Morgan fingerprint density at radius 2 is 1.68 bits per heavy atom. The molecule has 0 saturated heterocycles. The van der Waals surface area contributed by atoms with Gasteiger partial charge in [0.2, 0.25) is 0 Å². The minimum absolute atomic E-state index is 0.183. The molecule has 4 rings (SSSR count). The third-order valence-corrected chi connectivity index (χ3v) is 5.55. The maximum absolute atomic E-state index is 12.5. The predicted molar refractivity (Wildman–Crippen MR) is 123 cm³/mol. The van der Waals surface area contributed by atoms with E-state index in [2.05, 4.69) is 31.4 Å². The van der Waals surface area contributed by atoms with Crippen molar-refractivity contribution >= 4 is 50.9 Å². The number of anilines is 1. The maximum atomic E-state index is 12.5. The fourth-order valence-electron chi connectivity index (χ4n) is 2.77. The summed E-state index contributed by atoms with van der Waals surface area (Å²) < 4.78 is 9.80. The van der Waals surface area contributed by atoms with Crippen molar-refractivity contribution in [2.45, 2.75) is 13.3 Å². The second-order valence-corrected chi connectivity index (χ2v) is 8.25. The van der Waals surface area contributed by atoms with Crippen molar-refractivity contribution in [1.82, 2.24) is 19.6 Å². The Balaban J connectivity index is 1.35.